The Bertz CT molecular complexity index is 457. The highest BCUT2D eigenvalue weighted by molar-refractivity contribution is 5.72. The summed E-state index contributed by atoms with van der Waals surface area (Å²) in [6, 6.07) is 5.18. The average molecular weight is 233 g/mol. The number of carbonyl (C=O) groups is 1. The maximum absolute atomic E-state index is 11.1. The van der Waals surface area contributed by atoms with E-state index in [1.165, 1.54) is 0 Å². The third-order valence-corrected chi connectivity index (χ3v) is 1.98. The minimum Gasteiger partial charge on any atom is -0.495 e. The Morgan fingerprint density at radius 2 is 2.24 bits per heavy atom. The van der Waals surface area contributed by atoms with Gasteiger partial charge in [-0.05, 0) is 25.1 Å². The van der Waals surface area contributed by atoms with Crippen LogP contribution < -0.4 is 10.5 Å². The summed E-state index contributed by atoms with van der Waals surface area (Å²) in [5.74, 6) is 5.87. The molecule has 0 fully saturated rings. The van der Waals surface area contributed by atoms with E-state index in [-0.39, 0.29) is 12.4 Å². The highest BCUT2D eigenvalue weighted by Crippen LogP contribution is 2.19. The molecule has 0 atom stereocenters. The molecular formula is C13H15NO3. The lowest BCUT2D eigenvalue weighted by atomic mass is 10.2. The molecule has 0 bridgehead atoms. The summed E-state index contributed by atoms with van der Waals surface area (Å²) in [6.07, 6.45) is 0.0613. The zero-order valence-corrected chi connectivity index (χ0v) is 9.95. The molecule has 0 unspecified atom stereocenters. The van der Waals surface area contributed by atoms with Crippen molar-refractivity contribution in [1.29, 1.82) is 0 Å². The molecule has 0 saturated heterocycles. The van der Waals surface area contributed by atoms with Crippen molar-refractivity contribution >= 4 is 11.7 Å². The van der Waals surface area contributed by atoms with Crippen molar-refractivity contribution < 1.29 is 14.3 Å². The van der Waals surface area contributed by atoms with E-state index in [9.17, 15) is 4.79 Å². The molecular weight excluding hydrogens is 218 g/mol. The SMILES string of the molecule is CCOC(=O)CC#Cc1cc(N)ccc1OC. The number of rotatable bonds is 3. The molecule has 0 aliphatic carbocycles. The second-order valence-corrected chi connectivity index (χ2v) is 3.24. The van der Waals surface area contributed by atoms with Crippen LogP contribution >= 0.6 is 0 Å². The lowest BCUT2D eigenvalue weighted by Gasteiger charge is -2.03. The Morgan fingerprint density at radius 3 is 2.88 bits per heavy atom. The molecule has 0 radical (unpaired) electrons. The van der Waals surface area contributed by atoms with Gasteiger partial charge in [0.25, 0.3) is 0 Å². The Morgan fingerprint density at radius 1 is 1.47 bits per heavy atom. The van der Waals surface area contributed by atoms with E-state index in [4.69, 9.17) is 15.2 Å². The fourth-order valence-corrected chi connectivity index (χ4v) is 1.25. The van der Waals surface area contributed by atoms with Crippen molar-refractivity contribution in [1.82, 2.24) is 0 Å². The van der Waals surface area contributed by atoms with Crippen molar-refractivity contribution in [3.05, 3.63) is 23.8 Å². The van der Waals surface area contributed by atoms with E-state index in [1.54, 1.807) is 32.2 Å². The maximum Gasteiger partial charge on any atom is 0.317 e. The van der Waals surface area contributed by atoms with Crippen molar-refractivity contribution in [2.45, 2.75) is 13.3 Å². The topological polar surface area (TPSA) is 61.5 Å². The summed E-state index contributed by atoms with van der Waals surface area (Å²) in [5.41, 5.74) is 6.91. The van der Waals surface area contributed by atoms with Crippen LogP contribution in [-0.2, 0) is 9.53 Å². The number of benzene rings is 1. The fraction of sp³-hybridized carbons (Fsp3) is 0.308. The van der Waals surface area contributed by atoms with Gasteiger partial charge in [-0.2, -0.15) is 0 Å². The molecule has 0 aliphatic rings. The average Bonchev–Trinajstić information content (AvgIpc) is 2.30. The number of hydrogen-bond acceptors (Lipinski definition) is 4. The number of esters is 1. The van der Waals surface area contributed by atoms with Crippen LogP contribution in [0.3, 0.4) is 0 Å². The first-order valence-electron chi connectivity index (χ1n) is 5.25. The van der Waals surface area contributed by atoms with Gasteiger partial charge in [-0.3, -0.25) is 4.79 Å². The minimum atomic E-state index is -0.331. The number of carbonyl (C=O) groups excluding carboxylic acids is 1. The molecule has 4 heteroatoms. The fourth-order valence-electron chi connectivity index (χ4n) is 1.25. The Hall–Kier alpha value is -2.15. The van der Waals surface area contributed by atoms with Gasteiger partial charge >= 0.3 is 5.97 Å². The summed E-state index contributed by atoms with van der Waals surface area (Å²) in [7, 11) is 1.56. The van der Waals surface area contributed by atoms with Gasteiger partial charge in [0.15, 0.2) is 0 Å². The molecule has 0 aliphatic heterocycles. The van der Waals surface area contributed by atoms with E-state index >= 15 is 0 Å². The normalized spacial score (nSPS) is 9.06. The minimum absolute atomic E-state index is 0.0613. The summed E-state index contributed by atoms with van der Waals surface area (Å²) in [6.45, 7) is 2.12. The van der Waals surface area contributed by atoms with Gasteiger partial charge in [0.1, 0.15) is 12.2 Å². The Balaban J connectivity index is 2.77. The van der Waals surface area contributed by atoms with Crippen molar-refractivity contribution in [2.24, 2.45) is 0 Å². The monoisotopic (exact) mass is 233 g/mol. The van der Waals surface area contributed by atoms with Gasteiger partial charge in [0.2, 0.25) is 0 Å². The van der Waals surface area contributed by atoms with Crippen LogP contribution in [0.4, 0.5) is 5.69 Å². The number of hydrogen-bond donors (Lipinski definition) is 1. The Labute approximate surface area is 101 Å². The first kappa shape index (κ1) is 12.9. The zero-order chi connectivity index (χ0) is 12.7. The zero-order valence-electron chi connectivity index (χ0n) is 9.95. The van der Waals surface area contributed by atoms with E-state index in [0.29, 0.717) is 23.6 Å². The van der Waals surface area contributed by atoms with Gasteiger partial charge in [0, 0.05) is 5.69 Å². The van der Waals surface area contributed by atoms with Gasteiger partial charge < -0.3 is 15.2 Å². The van der Waals surface area contributed by atoms with Crippen LogP contribution in [0.2, 0.25) is 0 Å². The second-order valence-electron chi connectivity index (χ2n) is 3.24. The third kappa shape index (κ3) is 4.07. The van der Waals surface area contributed by atoms with E-state index < -0.39 is 0 Å². The molecule has 1 rings (SSSR count). The maximum atomic E-state index is 11.1. The summed E-state index contributed by atoms with van der Waals surface area (Å²) < 4.78 is 9.89. The predicted octanol–water partition coefficient (Wildman–Crippen LogP) is 1.58. The van der Waals surface area contributed by atoms with Gasteiger partial charge in [0.05, 0.1) is 19.3 Å². The lowest BCUT2D eigenvalue weighted by Crippen LogP contribution is -2.01. The lowest BCUT2D eigenvalue weighted by molar-refractivity contribution is -0.141. The van der Waals surface area contributed by atoms with Crippen LogP contribution in [0.15, 0.2) is 18.2 Å². The molecule has 1 aromatic carbocycles. The summed E-state index contributed by atoms with van der Waals surface area (Å²) in [5, 5.41) is 0. The number of ether oxygens (including phenoxy) is 2. The van der Waals surface area contributed by atoms with Crippen LogP contribution in [0.1, 0.15) is 18.9 Å². The molecule has 17 heavy (non-hydrogen) atoms. The number of nitrogens with two attached hydrogens (primary N) is 1. The van der Waals surface area contributed by atoms with Crippen LogP contribution in [0, 0.1) is 11.8 Å². The van der Waals surface area contributed by atoms with Crippen molar-refractivity contribution in [3.63, 3.8) is 0 Å². The molecule has 4 nitrogen and oxygen atoms in total. The van der Waals surface area contributed by atoms with Crippen LogP contribution in [0.5, 0.6) is 5.75 Å². The molecule has 2 N–H and O–H groups in total. The quantitative estimate of drug-likeness (QED) is 0.489. The van der Waals surface area contributed by atoms with Gasteiger partial charge in [-0.15, -0.1) is 0 Å². The Kier molecular flexibility index (Phi) is 4.89. The van der Waals surface area contributed by atoms with Crippen LogP contribution in [-0.4, -0.2) is 19.7 Å². The predicted molar refractivity (Wildman–Crippen MR) is 65.5 cm³/mol. The molecule has 1 aromatic rings. The van der Waals surface area contributed by atoms with E-state index in [2.05, 4.69) is 11.8 Å². The molecule has 0 aromatic heterocycles. The summed E-state index contributed by atoms with van der Waals surface area (Å²) >= 11 is 0. The molecule has 0 saturated carbocycles. The second kappa shape index (κ2) is 6.44. The highest BCUT2D eigenvalue weighted by atomic mass is 16.5. The van der Waals surface area contributed by atoms with E-state index in [1.807, 2.05) is 0 Å². The smallest absolute Gasteiger partial charge is 0.317 e. The molecule has 0 amide bonds. The molecule has 0 spiro atoms. The van der Waals surface area contributed by atoms with Crippen molar-refractivity contribution in [2.75, 3.05) is 19.5 Å². The van der Waals surface area contributed by atoms with Crippen molar-refractivity contribution in [3.8, 4) is 17.6 Å². The first-order chi connectivity index (χ1) is 8.17. The third-order valence-electron chi connectivity index (χ3n) is 1.98. The number of methoxy groups -OCH3 is 1. The molecule has 90 valence electrons. The standard InChI is InChI=1S/C13H15NO3/c1-3-17-13(15)6-4-5-10-9-11(14)7-8-12(10)16-2/h7-9H,3,6,14H2,1-2H3. The number of anilines is 1. The van der Waals surface area contributed by atoms with Gasteiger partial charge in [-0.1, -0.05) is 11.8 Å². The largest absolute Gasteiger partial charge is 0.495 e. The van der Waals surface area contributed by atoms with E-state index in [0.717, 1.165) is 0 Å². The summed E-state index contributed by atoms with van der Waals surface area (Å²) in [4.78, 5) is 11.1. The highest BCUT2D eigenvalue weighted by Gasteiger charge is 2.00. The molecule has 0 heterocycles. The van der Waals surface area contributed by atoms with Crippen LogP contribution in [0.25, 0.3) is 0 Å². The van der Waals surface area contributed by atoms with Gasteiger partial charge in [-0.25, -0.2) is 0 Å². The first-order valence-corrected chi connectivity index (χ1v) is 5.25. The number of nitrogen functional groups attached to an aromatic ring is 1.